The van der Waals surface area contributed by atoms with Crippen molar-refractivity contribution < 1.29 is 28.5 Å². The van der Waals surface area contributed by atoms with Gasteiger partial charge >= 0.3 is 11.9 Å². The first kappa shape index (κ1) is 23.1. The summed E-state index contributed by atoms with van der Waals surface area (Å²) < 4.78 is 22.7. The fourth-order valence-electron chi connectivity index (χ4n) is 3.19. The Balaban J connectivity index is 2.41. The predicted octanol–water partition coefficient (Wildman–Crippen LogP) is 4.56. The number of hydrogen-bond acceptors (Lipinski definition) is 7. The molecule has 2 aromatic carbocycles. The van der Waals surface area contributed by atoms with Gasteiger partial charge in [0, 0.05) is 11.1 Å². The summed E-state index contributed by atoms with van der Waals surface area (Å²) in [6, 6.07) is 12.1. The Kier molecular flexibility index (Phi) is 7.37. The molecule has 9 heteroatoms. The van der Waals surface area contributed by atoms with Crippen LogP contribution in [0, 0.1) is 0 Å². The maximum atomic E-state index is 12.9. The number of carbonyl (C=O) groups is 2. The quantitative estimate of drug-likeness (QED) is 0.457. The first-order valence-electron chi connectivity index (χ1n) is 9.82. The molecule has 0 unspecified atom stereocenters. The summed E-state index contributed by atoms with van der Waals surface area (Å²) in [5, 5.41) is 4.93. The molecule has 0 fully saturated rings. The second-order valence-corrected chi connectivity index (χ2v) is 7.07. The van der Waals surface area contributed by atoms with Crippen molar-refractivity contribution >= 4 is 23.5 Å². The van der Waals surface area contributed by atoms with Crippen LogP contribution in [0.25, 0.3) is 16.9 Å². The SMILES string of the molecule is CCCOc1c(OC)cc(Cl)cc1-c1nn(-c2ccccc2)c(C(=O)OC)c1C(=O)OC. The number of rotatable bonds is 8. The summed E-state index contributed by atoms with van der Waals surface area (Å²) in [7, 11) is 3.93. The van der Waals surface area contributed by atoms with Gasteiger partial charge in [0.1, 0.15) is 11.3 Å². The molecule has 0 spiro atoms. The lowest BCUT2D eigenvalue weighted by molar-refractivity contribution is 0.0549. The Hall–Kier alpha value is -3.52. The smallest absolute Gasteiger partial charge is 0.357 e. The number of ether oxygens (including phenoxy) is 4. The van der Waals surface area contributed by atoms with E-state index in [1.807, 2.05) is 13.0 Å². The molecule has 0 aliphatic carbocycles. The number of carbonyl (C=O) groups excluding carboxylic acids is 2. The molecule has 0 amide bonds. The third kappa shape index (κ3) is 4.40. The molecule has 0 saturated heterocycles. The molecule has 0 atom stereocenters. The van der Waals surface area contributed by atoms with Gasteiger partial charge in [0.2, 0.25) is 0 Å². The zero-order valence-electron chi connectivity index (χ0n) is 18.2. The van der Waals surface area contributed by atoms with Gasteiger partial charge in [-0.25, -0.2) is 14.3 Å². The summed E-state index contributed by atoms with van der Waals surface area (Å²) in [5.74, 6) is -0.801. The lowest BCUT2D eigenvalue weighted by Gasteiger charge is -2.15. The zero-order valence-corrected chi connectivity index (χ0v) is 18.9. The van der Waals surface area contributed by atoms with E-state index >= 15 is 0 Å². The first-order valence-corrected chi connectivity index (χ1v) is 10.2. The summed E-state index contributed by atoms with van der Waals surface area (Å²) >= 11 is 6.33. The lowest BCUT2D eigenvalue weighted by Crippen LogP contribution is -2.15. The van der Waals surface area contributed by atoms with Crippen LogP contribution in [0.1, 0.15) is 34.2 Å². The van der Waals surface area contributed by atoms with E-state index in [0.29, 0.717) is 34.4 Å². The molecular weight excluding hydrogens is 436 g/mol. The zero-order chi connectivity index (χ0) is 23.3. The number of methoxy groups -OCH3 is 3. The van der Waals surface area contributed by atoms with Crippen LogP contribution in [0.2, 0.25) is 5.02 Å². The number of benzene rings is 2. The molecule has 0 bridgehead atoms. The molecule has 3 rings (SSSR count). The summed E-state index contributed by atoms with van der Waals surface area (Å²) in [6.07, 6.45) is 0.737. The molecule has 0 radical (unpaired) electrons. The second-order valence-electron chi connectivity index (χ2n) is 6.64. The number of hydrogen-bond donors (Lipinski definition) is 0. The average Bonchev–Trinajstić information content (AvgIpc) is 3.22. The molecule has 1 heterocycles. The van der Waals surface area contributed by atoms with Crippen LogP contribution in [0.4, 0.5) is 0 Å². The van der Waals surface area contributed by atoms with E-state index < -0.39 is 11.9 Å². The van der Waals surface area contributed by atoms with Gasteiger partial charge in [-0.05, 0) is 24.6 Å². The highest BCUT2D eigenvalue weighted by molar-refractivity contribution is 6.31. The van der Waals surface area contributed by atoms with Gasteiger partial charge in [-0.1, -0.05) is 36.7 Å². The van der Waals surface area contributed by atoms with Gasteiger partial charge in [0.25, 0.3) is 0 Å². The van der Waals surface area contributed by atoms with Crippen molar-refractivity contribution in [2.75, 3.05) is 27.9 Å². The molecule has 32 heavy (non-hydrogen) atoms. The van der Waals surface area contributed by atoms with Gasteiger partial charge in [-0.3, -0.25) is 0 Å². The highest BCUT2D eigenvalue weighted by Gasteiger charge is 2.33. The van der Waals surface area contributed by atoms with Crippen molar-refractivity contribution in [2.24, 2.45) is 0 Å². The van der Waals surface area contributed by atoms with Gasteiger partial charge in [0.15, 0.2) is 17.2 Å². The molecule has 0 aliphatic rings. The van der Waals surface area contributed by atoms with E-state index in [-0.39, 0.29) is 17.0 Å². The van der Waals surface area contributed by atoms with Crippen LogP contribution >= 0.6 is 11.6 Å². The van der Waals surface area contributed by atoms with E-state index in [1.54, 1.807) is 36.4 Å². The minimum absolute atomic E-state index is 0.0751. The molecule has 0 aliphatic heterocycles. The number of halogens is 1. The maximum absolute atomic E-state index is 12.9. The molecule has 8 nitrogen and oxygen atoms in total. The standard InChI is InChI=1S/C23H23ClN2O6/c1-5-11-32-21-16(12-14(24)13-17(21)29-2)19-18(22(27)30-3)20(23(28)31-4)26(25-19)15-9-7-6-8-10-15/h6-10,12-13H,5,11H2,1-4H3. The monoisotopic (exact) mass is 458 g/mol. The highest BCUT2D eigenvalue weighted by Crippen LogP contribution is 2.42. The number of esters is 2. The van der Waals surface area contributed by atoms with Crippen molar-refractivity contribution in [1.82, 2.24) is 9.78 Å². The van der Waals surface area contributed by atoms with Gasteiger partial charge in [-0.15, -0.1) is 0 Å². The van der Waals surface area contributed by atoms with E-state index in [1.165, 1.54) is 26.0 Å². The van der Waals surface area contributed by atoms with Crippen molar-refractivity contribution in [1.29, 1.82) is 0 Å². The third-order valence-electron chi connectivity index (χ3n) is 4.60. The molecule has 168 valence electrons. The van der Waals surface area contributed by atoms with Crippen LogP contribution in [-0.4, -0.2) is 49.7 Å². The van der Waals surface area contributed by atoms with E-state index in [2.05, 4.69) is 5.10 Å². The van der Waals surface area contributed by atoms with Crippen LogP contribution in [0.15, 0.2) is 42.5 Å². The van der Waals surface area contributed by atoms with Gasteiger partial charge in [0.05, 0.1) is 39.2 Å². The summed E-state index contributed by atoms with van der Waals surface area (Å²) in [4.78, 5) is 25.6. The summed E-state index contributed by atoms with van der Waals surface area (Å²) in [5.41, 5.74) is 0.917. The third-order valence-corrected chi connectivity index (χ3v) is 4.82. The van der Waals surface area contributed by atoms with Crippen molar-refractivity contribution in [2.45, 2.75) is 13.3 Å². The van der Waals surface area contributed by atoms with Crippen molar-refractivity contribution in [3.63, 3.8) is 0 Å². The molecule has 1 aromatic heterocycles. The Bertz CT molecular complexity index is 1130. The number of aromatic nitrogens is 2. The molecule has 0 N–H and O–H groups in total. The van der Waals surface area contributed by atoms with Crippen LogP contribution in [0.3, 0.4) is 0 Å². The minimum Gasteiger partial charge on any atom is -0.493 e. The van der Waals surface area contributed by atoms with Crippen LogP contribution in [0.5, 0.6) is 11.5 Å². The van der Waals surface area contributed by atoms with Gasteiger partial charge in [-0.2, -0.15) is 5.10 Å². The van der Waals surface area contributed by atoms with Crippen molar-refractivity contribution in [3.8, 4) is 28.4 Å². The summed E-state index contributed by atoms with van der Waals surface area (Å²) in [6.45, 7) is 2.35. The first-order chi connectivity index (χ1) is 15.5. The Morgan fingerprint density at radius 2 is 1.72 bits per heavy atom. The topological polar surface area (TPSA) is 88.9 Å². The minimum atomic E-state index is -0.761. The number of para-hydroxylation sites is 1. The fourth-order valence-corrected chi connectivity index (χ4v) is 3.40. The largest absolute Gasteiger partial charge is 0.493 e. The maximum Gasteiger partial charge on any atom is 0.357 e. The molecule has 0 saturated carbocycles. The number of nitrogens with zero attached hydrogens (tertiary/aromatic N) is 2. The van der Waals surface area contributed by atoms with Crippen molar-refractivity contribution in [3.05, 3.63) is 58.7 Å². The molecule has 3 aromatic rings. The Morgan fingerprint density at radius 3 is 2.31 bits per heavy atom. The fraction of sp³-hybridized carbons (Fsp3) is 0.261. The van der Waals surface area contributed by atoms with E-state index in [0.717, 1.165) is 6.42 Å². The van der Waals surface area contributed by atoms with Gasteiger partial charge < -0.3 is 18.9 Å². The normalized spacial score (nSPS) is 10.5. The predicted molar refractivity (Wildman–Crippen MR) is 119 cm³/mol. The van der Waals surface area contributed by atoms with E-state index in [9.17, 15) is 9.59 Å². The molecular formula is C23H23ClN2O6. The van der Waals surface area contributed by atoms with Crippen LogP contribution in [-0.2, 0) is 9.47 Å². The average molecular weight is 459 g/mol. The van der Waals surface area contributed by atoms with E-state index in [4.69, 9.17) is 30.5 Å². The Morgan fingerprint density at radius 1 is 1.03 bits per heavy atom. The lowest BCUT2D eigenvalue weighted by atomic mass is 10.0. The second kappa shape index (κ2) is 10.2. The van der Waals surface area contributed by atoms with Crippen LogP contribution < -0.4 is 9.47 Å². The Labute approximate surface area is 190 Å². The highest BCUT2D eigenvalue weighted by atomic mass is 35.5.